The van der Waals surface area contributed by atoms with E-state index in [-0.39, 0.29) is 17.6 Å². The summed E-state index contributed by atoms with van der Waals surface area (Å²) in [5.41, 5.74) is 2.85. The number of allylic oxidation sites excluding steroid dienone is 1. The lowest BCUT2D eigenvalue weighted by molar-refractivity contribution is -0.123. The summed E-state index contributed by atoms with van der Waals surface area (Å²) in [7, 11) is 0. The van der Waals surface area contributed by atoms with E-state index in [0.717, 1.165) is 17.7 Å². The molecule has 1 saturated carbocycles. The summed E-state index contributed by atoms with van der Waals surface area (Å²) in [6.07, 6.45) is 2.88. The van der Waals surface area contributed by atoms with Crippen molar-refractivity contribution in [3.05, 3.63) is 70.5 Å². The number of nitrogens with zero attached hydrogens (tertiary/aromatic N) is 2. The van der Waals surface area contributed by atoms with Crippen LogP contribution in [0.25, 0.3) is 0 Å². The normalized spacial score (nSPS) is 24.0. The number of amides is 1. The summed E-state index contributed by atoms with van der Waals surface area (Å²) in [5, 5.41) is 3.43. The van der Waals surface area contributed by atoms with Gasteiger partial charge in [0.2, 0.25) is 0 Å². The van der Waals surface area contributed by atoms with Crippen LogP contribution in [-0.4, -0.2) is 22.4 Å². The van der Waals surface area contributed by atoms with E-state index in [1.807, 2.05) is 31.2 Å². The minimum absolute atomic E-state index is 0.128. The second-order valence-corrected chi connectivity index (χ2v) is 8.20. The van der Waals surface area contributed by atoms with Gasteiger partial charge in [-0.15, -0.1) is 0 Å². The summed E-state index contributed by atoms with van der Waals surface area (Å²) in [4.78, 5) is 35.2. The maximum absolute atomic E-state index is 13.3. The van der Waals surface area contributed by atoms with Gasteiger partial charge in [0.1, 0.15) is 11.6 Å². The maximum Gasteiger partial charge on any atom is 0.255 e. The van der Waals surface area contributed by atoms with Crippen LogP contribution in [-0.2, 0) is 9.59 Å². The number of pyridine rings is 1. The number of aliphatic imine (C=N–C) groups is 1. The third kappa shape index (κ3) is 3.87. The highest BCUT2D eigenvalue weighted by Gasteiger charge is 2.44. The quantitative estimate of drug-likeness (QED) is 0.794. The Hall–Kier alpha value is -2.79. The first kappa shape index (κ1) is 19.5. The Labute approximate surface area is 174 Å². The molecule has 4 rings (SSSR count). The molecule has 1 fully saturated rings. The van der Waals surface area contributed by atoms with Gasteiger partial charge >= 0.3 is 0 Å². The Bertz CT molecular complexity index is 1030. The molecule has 1 aromatic carbocycles. The number of nitrogens with one attached hydrogen (secondary N) is 1. The fourth-order valence-electron chi connectivity index (χ4n) is 4.36. The number of rotatable bonds is 3. The van der Waals surface area contributed by atoms with Crippen LogP contribution >= 0.6 is 11.6 Å². The molecule has 1 N–H and O–H groups in total. The zero-order chi connectivity index (χ0) is 20.5. The number of ketones is 1. The van der Waals surface area contributed by atoms with Gasteiger partial charge < -0.3 is 5.32 Å². The summed E-state index contributed by atoms with van der Waals surface area (Å²) >= 11 is 6.25. The van der Waals surface area contributed by atoms with Gasteiger partial charge in [-0.05, 0) is 49.1 Å². The highest BCUT2D eigenvalue weighted by atomic mass is 35.5. The van der Waals surface area contributed by atoms with E-state index in [0.29, 0.717) is 28.5 Å². The molecule has 5 nitrogen and oxygen atoms in total. The standard InChI is InChI=1S/C23H22ClN3O2/c1-13-10-17-22(18(28)11-13)21(15-6-5-7-16(24)12-15)20(14(2)26-17)23(29)27-19-8-3-4-9-25-19/h3-9,12-13,21-22H,10-11H2,1-2H3,(H,25,27,29)/t13-,21+,22?/m0/s1. The van der Waals surface area contributed by atoms with Crippen molar-refractivity contribution in [2.45, 2.75) is 32.6 Å². The molecule has 0 radical (unpaired) electrons. The molecule has 29 heavy (non-hydrogen) atoms. The van der Waals surface area contributed by atoms with Gasteiger partial charge in [-0.25, -0.2) is 4.98 Å². The first-order valence-corrected chi connectivity index (χ1v) is 10.1. The van der Waals surface area contributed by atoms with E-state index in [9.17, 15) is 9.59 Å². The molecule has 148 valence electrons. The van der Waals surface area contributed by atoms with Gasteiger partial charge in [0.05, 0.1) is 5.92 Å². The Morgan fingerprint density at radius 3 is 2.69 bits per heavy atom. The largest absolute Gasteiger partial charge is 0.307 e. The predicted octanol–water partition coefficient (Wildman–Crippen LogP) is 4.80. The van der Waals surface area contributed by atoms with E-state index in [4.69, 9.17) is 16.6 Å². The number of hydrogen-bond acceptors (Lipinski definition) is 4. The highest BCUT2D eigenvalue weighted by Crippen LogP contribution is 2.44. The molecule has 0 spiro atoms. The molecule has 1 aromatic heterocycles. The smallest absolute Gasteiger partial charge is 0.255 e. The van der Waals surface area contributed by atoms with E-state index < -0.39 is 11.8 Å². The van der Waals surface area contributed by atoms with E-state index in [1.165, 1.54) is 0 Å². The SMILES string of the molecule is CC1=C(C(=O)Nc2ccccn2)[C@@H](c2cccc(Cl)c2)C2C(=O)C[C@@H](C)CC2=N1. The van der Waals surface area contributed by atoms with Crippen molar-refractivity contribution in [1.82, 2.24) is 4.98 Å². The molecule has 3 atom stereocenters. The Balaban J connectivity index is 1.81. The van der Waals surface area contributed by atoms with Gasteiger partial charge in [0, 0.05) is 40.5 Å². The maximum atomic E-state index is 13.3. The van der Waals surface area contributed by atoms with E-state index in [1.54, 1.807) is 24.4 Å². The molecular formula is C23H22ClN3O2. The van der Waals surface area contributed by atoms with Crippen LogP contribution in [0.4, 0.5) is 5.82 Å². The minimum atomic E-state index is -0.433. The molecule has 1 unspecified atom stereocenters. The summed E-state index contributed by atoms with van der Waals surface area (Å²) in [6.45, 7) is 3.89. The van der Waals surface area contributed by atoms with Crippen LogP contribution in [0.5, 0.6) is 0 Å². The molecular weight excluding hydrogens is 386 g/mol. The number of benzene rings is 1. The molecule has 1 aliphatic heterocycles. The number of halogens is 1. The Morgan fingerprint density at radius 1 is 1.14 bits per heavy atom. The molecule has 2 aromatic rings. The van der Waals surface area contributed by atoms with Gasteiger partial charge in [0.15, 0.2) is 0 Å². The van der Waals surface area contributed by atoms with Gasteiger partial charge in [0.25, 0.3) is 5.91 Å². The molecule has 0 bridgehead atoms. The fraction of sp³-hybridized carbons (Fsp3) is 0.304. The third-order valence-electron chi connectivity index (χ3n) is 5.52. The van der Waals surface area contributed by atoms with Crippen molar-refractivity contribution in [3.63, 3.8) is 0 Å². The van der Waals surface area contributed by atoms with Crippen LogP contribution in [0, 0.1) is 11.8 Å². The molecule has 2 heterocycles. The lowest BCUT2D eigenvalue weighted by atomic mass is 9.67. The summed E-state index contributed by atoms with van der Waals surface area (Å²) in [5.74, 6) is -0.290. The molecule has 0 saturated heterocycles. The minimum Gasteiger partial charge on any atom is -0.307 e. The van der Waals surface area contributed by atoms with Crippen LogP contribution in [0.2, 0.25) is 5.02 Å². The summed E-state index contributed by atoms with van der Waals surface area (Å²) in [6, 6.07) is 12.7. The number of Topliss-reactive ketones (excluding diaryl/α,β-unsaturated/α-hetero) is 1. The van der Waals surface area contributed by atoms with Crippen LogP contribution in [0.1, 0.15) is 38.2 Å². The third-order valence-corrected chi connectivity index (χ3v) is 5.75. The van der Waals surface area contributed by atoms with Gasteiger partial charge in [-0.3, -0.25) is 14.6 Å². The topological polar surface area (TPSA) is 71.4 Å². The first-order chi connectivity index (χ1) is 13.9. The number of hydrogen-bond donors (Lipinski definition) is 1. The van der Waals surface area contributed by atoms with Gasteiger partial charge in [-0.2, -0.15) is 0 Å². The van der Waals surface area contributed by atoms with Crippen molar-refractivity contribution in [2.24, 2.45) is 16.8 Å². The predicted molar refractivity (Wildman–Crippen MR) is 114 cm³/mol. The van der Waals surface area contributed by atoms with Crippen molar-refractivity contribution >= 4 is 34.8 Å². The number of aromatic nitrogens is 1. The average molecular weight is 408 g/mol. The van der Waals surface area contributed by atoms with Crippen molar-refractivity contribution < 1.29 is 9.59 Å². The first-order valence-electron chi connectivity index (χ1n) is 9.73. The number of anilines is 1. The number of carbonyl (C=O) groups is 2. The van der Waals surface area contributed by atoms with Crippen molar-refractivity contribution in [2.75, 3.05) is 5.32 Å². The van der Waals surface area contributed by atoms with E-state index >= 15 is 0 Å². The fourth-order valence-corrected chi connectivity index (χ4v) is 4.56. The number of fused-ring (bicyclic) bond motifs is 1. The van der Waals surface area contributed by atoms with Crippen LogP contribution in [0.3, 0.4) is 0 Å². The van der Waals surface area contributed by atoms with Crippen LogP contribution in [0.15, 0.2) is 64.9 Å². The lowest BCUT2D eigenvalue weighted by Gasteiger charge is -2.37. The number of carbonyl (C=O) groups excluding carboxylic acids is 2. The van der Waals surface area contributed by atoms with Gasteiger partial charge in [-0.1, -0.05) is 36.7 Å². The monoisotopic (exact) mass is 407 g/mol. The second-order valence-electron chi connectivity index (χ2n) is 7.76. The van der Waals surface area contributed by atoms with Crippen molar-refractivity contribution in [1.29, 1.82) is 0 Å². The van der Waals surface area contributed by atoms with Crippen molar-refractivity contribution in [3.8, 4) is 0 Å². The molecule has 1 aliphatic carbocycles. The summed E-state index contributed by atoms with van der Waals surface area (Å²) < 4.78 is 0. The highest BCUT2D eigenvalue weighted by molar-refractivity contribution is 6.30. The molecule has 1 amide bonds. The molecule has 2 aliphatic rings. The van der Waals surface area contributed by atoms with E-state index in [2.05, 4.69) is 17.2 Å². The average Bonchev–Trinajstić information content (AvgIpc) is 2.67. The Morgan fingerprint density at radius 2 is 1.97 bits per heavy atom. The zero-order valence-electron chi connectivity index (χ0n) is 16.4. The Kier molecular flexibility index (Phi) is 5.33. The molecule has 6 heteroatoms. The van der Waals surface area contributed by atoms with Crippen LogP contribution < -0.4 is 5.32 Å². The lowest BCUT2D eigenvalue weighted by Crippen LogP contribution is -2.41. The second kappa shape index (κ2) is 7.91. The zero-order valence-corrected chi connectivity index (χ0v) is 17.1.